The summed E-state index contributed by atoms with van der Waals surface area (Å²) in [5.41, 5.74) is 2.73. The number of nitrogens with one attached hydrogen (secondary N) is 1. The molecule has 0 radical (unpaired) electrons. The van der Waals surface area contributed by atoms with Crippen LogP contribution in [0, 0.1) is 5.82 Å². The third kappa shape index (κ3) is 6.68. The Kier molecular flexibility index (Phi) is 9.03. The molecule has 2 atom stereocenters. The van der Waals surface area contributed by atoms with Gasteiger partial charge in [0.15, 0.2) is 0 Å². The van der Waals surface area contributed by atoms with E-state index in [0.29, 0.717) is 12.0 Å². The summed E-state index contributed by atoms with van der Waals surface area (Å²) in [7, 11) is 0. The van der Waals surface area contributed by atoms with Crippen molar-refractivity contribution in [1.82, 2.24) is 10.2 Å². The maximum absolute atomic E-state index is 14.2. The first-order chi connectivity index (χ1) is 14.3. The molecule has 0 spiro atoms. The molecule has 1 N–H and O–H groups in total. The van der Waals surface area contributed by atoms with E-state index in [9.17, 15) is 14.0 Å². The predicted octanol–water partition coefficient (Wildman–Crippen LogP) is 4.65. The van der Waals surface area contributed by atoms with Crippen LogP contribution in [0.25, 0.3) is 0 Å². The fourth-order valence-corrected chi connectivity index (χ4v) is 3.19. The van der Waals surface area contributed by atoms with Gasteiger partial charge in [0.25, 0.3) is 0 Å². The van der Waals surface area contributed by atoms with Gasteiger partial charge in [0.2, 0.25) is 11.8 Å². The van der Waals surface area contributed by atoms with Crippen LogP contribution in [-0.4, -0.2) is 28.8 Å². The fourth-order valence-electron chi connectivity index (χ4n) is 3.19. The minimum atomic E-state index is -0.687. The van der Waals surface area contributed by atoms with Gasteiger partial charge >= 0.3 is 0 Å². The second kappa shape index (κ2) is 11.5. The molecule has 0 heterocycles. The molecule has 0 unspecified atom stereocenters. The van der Waals surface area contributed by atoms with E-state index in [1.807, 2.05) is 26.0 Å². The van der Waals surface area contributed by atoms with Crippen molar-refractivity contribution in [3.05, 3.63) is 71.0 Å². The van der Waals surface area contributed by atoms with E-state index >= 15 is 0 Å². The van der Waals surface area contributed by atoms with Gasteiger partial charge in [-0.15, -0.1) is 0 Å². The Hall–Kier alpha value is -2.69. The highest BCUT2D eigenvalue weighted by Crippen LogP contribution is 2.16. The smallest absolute Gasteiger partial charge is 0.242 e. The van der Waals surface area contributed by atoms with Gasteiger partial charge in [-0.05, 0) is 50.3 Å². The Labute approximate surface area is 179 Å². The topological polar surface area (TPSA) is 49.4 Å². The SMILES string of the molecule is CCc1ccc(CCC(=O)N(Cc2ccccc2F)[C@@H](C)C(=O)N[C@H](C)CC)cc1. The molecule has 0 aliphatic heterocycles. The van der Waals surface area contributed by atoms with E-state index in [1.165, 1.54) is 16.5 Å². The second-order valence-corrected chi connectivity index (χ2v) is 7.78. The van der Waals surface area contributed by atoms with Crippen molar-refractivity contribution in [2.45, 2.75) is 72.0 Å². The number of hydrogen-bond donors (Lipinski definition) is 1. The van der Waals surface area contributed by atoms with Crippen molar-refractivity contribution < 1.29 is 14.0 Å². The van der Waals surface area contributed by atoms with Gasteiger partial charge in [-0.1, -0.05) is 56.3 Å². The summed E-state index contributed by atoms with van der Waals surface area (Å²) in [5.74, 6) is -0.758. The van der Waals surface area contributed by atoms with Crippen LogP contribution in [0.3, 0.4) is 0 Å². The molecule has 30 heavy (non-hydrogen) atoms. The van der Waals surface area contributed by atoms with Crippen LogP contribution in [0.15, 0.2) is 48.5 Å². The van der Waals surface area contributed by atoms with Gasteiger partial charge in [-0.25, -0.2) is 4.39 Å². The van der Waals surface area contributed by atoms with Crippen molar-refractivity contribution in [3.8, 4) is 0 Å². The van der Waals surface area contributed by atoms with Crippen LogP contribution in [0.1, 0.15) is 57.2 Å². The zero-order chi connectivity index (χ0) is 22.1. The second-order valence-electron chi connectivity index (χ2n) is 7.78. The van der Waals surface area contributed by atoms with E-state index in [1.54, 1.807) is 25.1 Å². The van der Waals surface area contributed by atoms with E-state index < -0.39 is 6.04 Å². The normalized spacial score (nSPS) is 12.8. The molecule has 2 rings (SSSR count). The number of rotatable bonds is 10. The fraction of sp³-hybridized carbons (Fsp3) is 0.440. The van der Waals surface area contributed by atoms with Gasteiger partial charge in [0.05, 0.1) is 0 Å². The average molecular weight is 413 g/mol. The van der Waals surface area contributed by atoms with Crippen molar-refractivity contribution in [2.24, 2.45) is 0 Å². The van der Waals surface area contributed by atoms with Crippen LogP contribution in [0.2, 0.25) is 0 Å². The molecule has 0 saturated carbocycles. The van der Waals surface area contributed by atoms with Crippen LogP contribution < -0.4 is 5.32 Å². The van der Waals surface area contributed by atoms with Crippen LogP contribution >= 0.6 is 0 Å². The zero-order valence-electron chi connectivity index (χ0n) is 18.5. The number of hydrogen-bond acceptors (Lipinski definition) is 2. The minimum Gasteiger partial charge on any atom is -0.352 e. The summed E-state index contributed by atoms with van der Waals surface area (Å²) in [5, 5.41) is 2.92. The largest absolute Gasteiger partial charge is 0.352 e. The minimum absolute atomic E-state index is 0.0162. The van der Waals surface area contributed by atoms with E-state index in [-0.39, 0.29) is 36.6 Å². The number of benzene rings is 2. The van der Waals surface area contributed by atoms with E-state index in [2.05, 4.69) is 24.4 Å². The highest BCUT2D eigenvalue weighted by Gasteiger charge is 2.27. The van der Waals surface area contributed by atoms with Crippen molar-refractivity contribution in [1.29, 1.82) is 0 Å². The van der Waals surface area contributed by atoms with E-state index in [4.69, 9.17) is 0 Å². The molecule has 2 amide bonds. The summed E-state index contributed by atoms with van der Waals surface area (Å²) in [6, 6.07) is 13.9. The maximum atomic E-state index is 14.2. The van der Waals surface area contributed by atoms with Gasteiger partial charge in [-0.3, -0.25) is 9.59 Å². The lowest BCUT2D eigenvalue weighted by Crippen LogP contribution is -2.49. The van der Waals surface area contributed by atoms with Gasteiger partial charge in [0.1, 0.15) is 11.9 Å². The molecule has 5 heteroatoms. The van der Waals surface area contributed by atoms with E-state index in [0.717, 1.165) is 18.4 Å². The summed E-state index contributed by atoms with van der Waals surface area (Å²) in [6.07, 6.45) is 2.61. The quantitative estimate of drug-likeness (QED) is 0.617. The number of halogens is 1. The molecule has 2 aromatic rings. The zero-order valence-corrected chi connectivity index (χ0v) is 18.5. The molecule has 2 aromatic carbocycles. The molecular formula is C25H33FN2O2. The monoisotopic (exact) mass is 412 g/mol. The Balaban J connectivity index is 2.14. The third-order valence-electron chi connectivity index (χ3n) is 5.53. The van der Waals surface area contributed by atoms with Crippen LogP contribution in [0.5, 0.6) is 0 Å². The summed E-state index contributed by atoms with van der Waals surface area (Å²) in [6.45, 7) is 7.78. The molecule has 0 aliphatic carbocycles. The number of carbonyl (C=O) groups excluding carboxylic acids is 2. The summed E-state index contributed by atoms with van der Waals surface area (Å²) >= 11 is 0. The highest BCUT2D eigenvalue weighted by atomic mass is 19.1. The Morgan fingerprint density at radius 2 is 1.63 bits per heavy atom. The maximum Gasteiger partial charge on any atom is 0.242 e. The number of amides is 2. The average Bonchev–Trinajstić information content (AvgIpc) is 2.76. The summed E-state index contributed by atoms with van der Waals surface area (Å²) in [4.78, 5) is 27.2. The molecule has 4 nitrogen and oxygen atoms in total. The number of carbonyl (C=O) groups is 2. The molecule has 162 valence electrons. The Morgan fingerprint density at radius 3 is 2.23 bits per heavy atom. The molecule has 0 saturated heterocycles. The van der Waals surface area contributed by atoms with Gasteiger partial charge in [-0.2, -0.15) is 0 Å². The molecule has 0 fully saturated rings. The molecular weight excluding hydrogens is 379 g/mol. The molecule has 0 aliphatic rings. The van der Waals surface area contributed by atoms with Crippen LogP contribution in [0.4, 0.5) is 4.39 Å². The van der Waals surface area contributed by atoms with Crippen molar-refractivity contribution >= 4 is 11.8 Å². The first-order valence-electron chi connectivity index (χ1n) is 10.8. The van der Waals surface area contributed by atoms with Crippen LogP contribution in [-0.2, 0) is 29.0 Å². The number of nitrogens with zero attached hydrogens (tertiary/aromatic N) is 1. The lowest BCUT2D eigenvalue weighted by molar-refractivity contribution is -0.140. The standard InChI is InChI=1S/C25H33FN2O2/c1-5-18(3)27-25(30)19(4)28(17-22-9-7-8-10-23(22)26)24(29)16-15-21-13-11-20(6-2)12-14-21/h7-14,18-19H,5-6,15-17H2,1-4H3,(H,27,30)/t18-,19+/m1/s1. The predicted molar refractivity (Wildman–Crippen MR) is 118 cm³/mol. The molecule has 0 aromatic heterocycles. The third-order valence-corrected chi connectivity index (χ3v) is 5.53. The Morgan fingerprint density at radius 1 is 1.00 bits per heavy atom. The lowest BCUT2D eigenvalue weighted by atomic mass is 10.0. The summed E-state index contributed by atoms with van der Waals surface area (Å²) < 4.78 is 14.2. The first kappa shape index (κ1) is 23.6. The lowest BCUT2D eigenvalue weighted by Gasteiger charge is -2.30. The Bertz CT molecular complexity index is 835. The van der Waals surface area contributed by atoms with Gasteiger partial charge < -0.3 is 10.2 Å². The molecule has 0 bridgehead atoms. The highest BCUT2D eigenvalue weighted by molar-refractivity contribution is 5.87. The van der Waals surface area contributed by atoms with Gasteiger partial charge in [0, 0.05) is 24.6 Å². The van der Waals surface area contributed by atoms with Crippen molar-refractivity contribution in [2.75, 3.05) is 0 Å². The van der Waals surface area contributed by atoms with Crippen molar-refractivity contribution in [3.63, 3.8) is 0 Å². The number of aryl methyl sites for hydroxylation is 2. The first-order valence-corrected chi connectivity index (χ1v) is 10.8.